The molecule has 0 aliphatic heterocycles. The molecule has 2 aromatic carbocycles. The summed E-state index contributed by atoms with van der Waals surface area (Å²) in [7, 11) is 3.26. The van der Waals surface area contributed by atoms with Crippen LogP contribution in [0, 0.1) is 0 Å². The van der Waals surface area contributed by atoms with Crippen LogP contribution in [0.4, 0.5) is 0 Å². The molecule has 0 bridgehead atoms. The van der Waals surface area contributed by atoms with Crippen molar-refractivity contribution in [3.63, 3.8) is 0 Å². The number of ether oxygens (including phenoxy) is 2. The van der Waals surface area contributed by atoms with Crippen LogP contribution >= 0.6 is 0 Å². The van der Waals surface area contributed by atoms with Crippen molar-refractivity contribution in [1.82, 2.24) is 0 Å². The van der Waals surface area contributed by atoms with E-state index in [4.69, 9.17) is 20.9 Å². The highest BCUT2D eigenvalue weighted by molar-refractivity contribution is 5.44. The Morgan fingerprint density at radius 3 is 1.70 bits per heavy atom. The standard InChI is InChI=1S/C16H20N2O2/c1-19-14-7-3-5-12(9-14)16(18,11-17)13-6-4-8-15(10-13)20-2/h3-10H,11,17-18H2,1-2H3. The van der Waals surface area contributed by atoms with Gasteiger partial charge in [0.25, 0.3) is 0 Å². The molecular weight excluding hydrogens is 252 g/mol. The van der Waals surface area contributed by atoms with Crippen LogP contribution in [0.2, 0.25) is 0 Å². The molecule has 0 saturated carbocycles. The van der Waals surface area contributed by atoms with Crippen molar-refractivity contribution >= 4 is 0 Å². The van der Waals surface area contributed by atoms with Gasteiger partial charge in [0, 0.05) is 6.54 Å². The summed E-state index contributed by atoms with van der Waals surface area (Å²) in [5.74, 6) is 1.52. The van der Waals surface area contributed by atoms with Crippen molar-refractivity contribution in [2.45, 2.75) is 5.54 Å². The summed E-state index contributed by atoms with van der Waals surface area (Å²) in [4.78, 5) is 0. The zero-order valence-electron chi connectivity index (χ0n) is 11.8. The fourth-order valence-corrected chi connectivity index (χ4v) is 2.20. The highest BCUT2D eigenvalue weighted by Crippen LogP contribution is 2.30. The summed E-state index contributed by atoms with van der Waals surface area (Å²) in [5.41, 5.74) is 13.5. The van der Waals surface area contributed by atoms with Crippen molar-refractivity contribution < 1.29 is 9.47 Å². The molecule has 0 aromatic heterocycles. The first-order valence-corrected chi connectivity index (χ1v) is 6.42. The molecule has 2 aromatic rings. The molecule has 0 spiro atoms. The van der Waals surface area contributed by atoms with E-state index in [9.17, 15) is 0 Å². The van der Waals surface area contributed by atoms with Gasteiger partial charge >= 0.3 is 0 Å². The van der Waals surface area contributed by atoms with E-state index in [1.54, 1.807) is 14.2 Å². The average Bonchev–Trinajstić information content (AvgIpc) is 2.54. The van der Waals surface area contributed by atoms with Gasteiger partial charge in [-0.1, -0.05) is 24.3 Å². The van der Waals surface area contributed by atoms with Crippen molar-refractivity contribution in [3.05, 3.63) is 59.7 Å². The number of nitrogens with two attached hydrogens (primary N) is 2. The van der Waals surface area contributed by atoms with Gasteiger partial charge in [-0.05, 0) is 35.4 Å². The first-order chi connectivity index (χ1) is 9.63. The van der Waals surface area contributed by atoms with Gasteiger partial charge < -0.3 is 20.9 Å². The third-order valence-corrected chi connectivity index (χ3v) is 3.49. The topological polar surface area (TPSA) is 70.5 Å². The van der Waals surface area contributed by atoms with Crippen molar-refractivity contribution in [2.75, 3.05) is 20.8 Å². The molecule has 0 amide bonds. The largest absolute Gasteiger partial charge is 0.497 e. The van der Waals surface area contributed by atoms with Crippen molar-refractivity contribution in [2.24, 2.45) is 11.5 Å². The summed E-state index contributed by atoms with van der Waals surface area (Å²) in [6.45, 7) is 0.285. The Kier molecular flexibility index (Phi) is 4.27. The van der Waals surface area contributed by atoms with Crippen LogP contribution in [0.15, 0.2) is 48.5 Å². The molecule has 0 unspecified atom stereocenters. The summed E-state index contributed by atoms with van der Waals surface area (Å²) < 4.78 is 10.5. The minimum absolute atomic E-state index is 0.285. The van der Waals surface area contributed by atoms with Crippen molar-refractivity contribution in [3.8, 4) is 11.5 Å². The Morgan fingerprint density at radius 2 is 1.35 bits per heavy atom. The van der Waals surface area contributed by atoms with E-state index in [0.29, 0.717) is 0 Å². The van der Waals surface area contributed by atoms with E-state index in [1.165, 1.54) is 0 Å². The van der Waals surface area contributed by atoms with E-state index >= 15 is 0 Å². The Balaban J connectivity index is 2.51. The van der Waals surface area contributed by atoms with Gasteiger partial charge in [-0.25, -0.2) is 0 Å². The summed E-state index contributed by atoms with van der Waals surface area (Å²) in [6.07, 6.45) is 0. The zero-order chi connectivity index (χ0) is 14.6. The van der Waals surface area contributed by atoms with Gasteiger partial charge in [-0.3, -0.25) is 0 Å². The van der Waals surface area contributed by atoms with E-state index < -0.39 is 5.54 Å². The van der Waals surface area contributed by atoms with Crippen LogP contribution in [0.1, 0.15) is 11.1 Å². The van der Waals surface area contributed by atoms with Crippen LogP contribution in [-0.4, -0.2) is 20.8 Å². The van der Waals surface area contributed by atoms with Crippen LogP contribution in [0.3, 0.4) is 0 Å². The number of rotatable bonds is 5. The SMILES string of the molecule is COc1cccc(C(N)(CN)c2cccc(OC)c2)c1. The van der Waals surface area contributed by atoms with E-state index in [2.05, 4.69) is 0 Å². The van der Waals surface area contributed by atoms with Gasteiger partial charge in [0.2, 0.25) is 0 Å². The molecule has 0 radical (unpaired) electrons. The minimum atomic E-state index is -0.775. The lowest BCUT2D eigenvalue weighted by molar-refractivity contribution is 0.410. The first-order valence-electron chi connectivity index (χ1n) is 6.42. The molecule has 0 fully saturated rings. The number of hydrogen-bond donors (Lipinski definition) is 2. The van der Waals surface area contributed by atoms with E-state index in [-0.39, 0.29) is 6.54 Å². The highest BCUT2D eigenvalue weighted by atomic mass is 16.5. The summed E-state index contributed by atoms with van der Waals surface area (Å²) in [6, 6.07) is 15.3. The Morgan fingerprint density at radius 1 is 0.900 bits per heavy atom. The first kappa shape index (κ1) is 14.4. The second-order valence-corrected chi connectivity index (χ2v) is 4.64. The molecule has 0 saturated heterocycles. The lowest BCUT2D eigenvalue weighted by Gasteiger charge is -2.29. The summed E-state index contributed by atoms with van der Waals surface area (Å²) >= 11 is 0. The van der Waals surface area contributed by atoms with Crippen LogP contribution in [-0.2, 0) is 5.54 Å². The van der Waals surface area contributed by atoms with Gasteiger partial charge in [-0.15, -0.1) is 0 Å². The molecule has 2 rings (SSSR count). The third-order valence-electron chi connectivity index (χ3n) is 3.49. The Bertz CT molecular complexity index is 537. The Hall–Kier alpha value is -2.04. The highest BCUT2D eigenvalue weighted by Gasteiger charge is 2.28. The van der Waals surface area contributed by atoms with Crippen molar-refractivity contribution in [1.29, 1.82) is 0 Å². The smallest absolute Gasteiger partial charge is 0.119 e. The molecule has 4 nitrogen and oxygen atoms in total. The fraction of sp³-hybridized carbons (Fsp3) is 0.250. The third kappa shape index (κ3) is 2.61. The van der Waals surface area contributed by atoms with Crippen LogP contribution < -0.4 is 20.9 Å². The van der Waals surface area contributed by atoms with Crippen LogP contribution in [0.5, 0.6) is 11.5 Å². The normalized spacial score (nSPS) is 11.2. The molecule has 0 heterocycles. The van der Waals surface area contributed by atoms with Gasteiger partial charge in [0.1, 0.15) is 11.5 Å². The predicted octanol–water partition coefficient (Wildman–Crippen LogP) is 1.86. The lowest BCUT2D eigenvalue weighted by Crippen LogP contribution is -2.45. The lowest BCUT2D eigenvalue weighted by atomic mass is 9.83. The van der Waals surface area contributed by atoms with Gasteiger partial charge in [0.15, 0.2) is 0 Å². The molecule has 4 heteroatoms. The molecule has 106 valence electrons. The quantitative estimate of drug-likeness (QED) is 0.871. The predicted molar refractivity (Wildman–Crippen MR) is 80.0 cm³/mol. The second-order valence-electron chi connectivity index (χ2n) is 4.64. The second kappa shape index (κ2) is 5.94. The molecule has 0 aliphatic rings. The molecule has 0 aliphatic carbocycles. The molecular formula is C16H20N2O2. The number of hydrogen-bond acceptors (Lipinski definition) is 4. The minimum Gasteiger partial charge on any atom is -0.497 e. The van der Waals surface area contributed by atoms with Gasteiger partial charge in [-0.2, -0.15) is 0 Å². The monoisotopic (exact) mass is 272 g/mol. The fourth-order valence-electron chi connectivity index (χ4n) is 2.20. The number of methoxy groups -OCH3 is 2. The molecule has 0 atom stereocenters. The summed E-state index contributed by atoms with van der Waals surface area (Å²) in [5, 5.41) is 0. The van der Waals surface area contributed by atoms with E-state index in [1.807, 2.05) is 48.5 Å². The maximum Gasteiger partial charge on any atom is 0.119 e. The molecule has 4 N–H and O–H groups in total. The number of benzene rings is 2. The zero-order valence-corrected chi connectivity index (χ0v) is 11.8. The average molecular weight is 272 g/mol. The maximum atomic E-state index is 6.55. The Labute approximate surface area is 119 Å². The molecule has 20 heavy (non-hydrogen) atoms. The van der Waals surface area contributed by atoms with E-state index in [0.717, 1.165) is 22.6 Å². The van der Waals surface area contributed by atoms with Crippen LogP contribution in [0.25, 0.3) is 0 Å². The van der Waals surface area contributed by atoms with Gasteiger partial charge in [0.05, 0.1) is 19.8 Å². The maximum absolute atomic E-state index is 6.55.